The van der Waals surface area contributed by atoms with E-state index in [4.69, 9.17) is 0 Å². The van der Waals surface area contributed by atoms with Gasteiger partial charge in [-0.2, -0.15) is 0 Å². The Bertz CT molecular complexity index is 2760. The topological polar surface area (TPSA) is 3.24 Å². The lowest BCUT2D eigenvalue weighted by atomic mass is 9.89. The summed E-state index contributed by atoms with van der Waals surface area (Å²) in [4.78, 5) is 2.45. The van der Waals surface area contributed by atoms with E-state index in [9.17, 15) is 0 Å². The highest BCUT2D eigenvalue weighted by atomic mass is 15.1. The maximum absolute atomic E-state index is 2.46. The van der Waals surface area contributed by atoms with E-state index in [0.717, 1.165) is 17.8 Å². The summed E-state index contributed by atoms with van der Waals surface area (Å²) < 4.78 is 0. The van der Waals surface area contributed by atoms with Crippen molar-refractivity contribution in [3.63, 3.8) is 0 Å². The Kier molecular flexibility index (Phi) is 8.07. The second-order valence-corrected chi connectivity index (χ2v) is 14.8. The Morgan fingerprint density at radius 2 is 0.722 bits per heavy atom. The van der Waals surface area contributed by atoms with E-state index in [1.54, 1.807) is 0 Å². The number of rotatable bonds is 6. The number of benzene rings is 9. The first kappa shape index (κ1) is 32.2. The van der Waals surface area contributed by atoms with E-state index in [0.29, 0.717) is 0 Å². The molecule has 0 saturated heterocycles. The van der Waals surface area contributed by atoms with Gasteiger partial charge in [-0.05, 0) is 151 Å². The number of fused-ring (bicyclic) bond motifs is 7. The van der Waals surface area contributed by atoms with Gasteiger partial charge in [-0.3, -0.25) is 0 Å². The molecule has 0 atom stereocenters. The molecule has 0 fully saturated rings. The molecule has 0 aromatic heterocycles. The molecule has 0 spiro atoms. The van der Waals surface area contributed by atoms with Crippen LogP contribution in [0, 0.1) is 6.92 Å². The van der Waals surface area contributed by atoms with Gasteiger partial charge in [0.1, 0.15) is 0 Å². The van der Waals surface area contributed by atoms with Crippen molar-refractivity contribution in [2.45, 2.75) is 32.6 Å². The third-order valence-corrected chi connectivity index (χ3v) is 11.6. The minimum atomic E-state index is 1.15. The molecule has 9 aromatic carbocycles. The van der Waals surface area contributed by atoms with Crippen LogP contribution in [0.2, 0.25) is 0 Å². The van der Waals surface area contributed by atoms with Gasteiger partial charge >= 0.3 is 0 Å². The second-order valence-electron chi connectivity index (χ2n) is 14.8. The fraction of sp³-hybridized carbons (Fsp3) is 0.0943. The molecule has 1 aliphatic carbocycles. The maximum atomic E-state index is 2.46. The smallest absolute Gasteiger partial charge is 0.0493 e. The predicted molar refractivity (Wildman–Crippen MR) is 231 cm³/mol. The summed E-state index contributed by atoms with van der Waals surface area (Å²) in [5.74, 6) is 0. The normalized spacial score (nSPS) is 12.6. The van der Waals surface area contributed by atoms with Crippen molar-refractivity contribution < 1.29 is 0 Å². The van der Waals surface area contributed by atoms with Crippen LogP contribution in [0.25, 0.3) is 65.7 Å². The molecule has 0 bridgehead atoms. The summed E-state index contributed by atoms with van der Waals surface area (Å²) in [6.07, 6.45) is 4.88. The minimum Gasteiger partial charge on any atom is -0.310 e. The highest BCUT2D eigenvalue weighted by Crippen LogP contribution is 2.42. The predicted octanol–water partition coefficient (Wildman–Crippen LogP) is 14.8. The van der Waals surface area contributed by atoms with Crippen LogP contribution in [0.5, 0.6) is 0 Å². The van der Waals surface area contributed by atoms with Crippen LogP contribution in [0.4, 0.5) is 17.1 Å². The molecule has 1 aliphatic rings. The molecule has 0 radical (unpaired) electrons. The number of hydrogen-bond donors (Lipinski definition) is 0. The summed E-state index contributed by atoms with van der Waals surface area (Å²) in [5.41, 5.74) is 15.3. The molecule has 54 heavy (non-hydrogen) atoms. The molecule has 0 saturated carbocycles. The van der Waals surface area contributed by atoms with Crippen molar-refractivity contribution in [3.05, 3.63) is 199 Å². The van der Waals surface area contributed by atoms with Crippen molar-refractivity contribution in [1.82, 2.24) is 0 Å². The van der Waals surface area contributed by atoms with E-state index in [1.165, 1.54) is 107 Å². The molecule has 1 heteroatoms. The Balaban J connectivity index is 1.03. The molecular weight excluding hydrogens is 651 g/mol. The van der Waals surface area contributed by atoms with Crippen LogP contribution in [0.3, 0.4) is 0 Å². The van der Waals surface area contributed by atoms with Crippen LogP contribution in [-0.4, -0.2) is 0 Å². The van der Waals surface area contributed by atoms with Crippen LogP contribution in [-0.2, 0) is 12.8 Å². The van der Waals surface area contributed by atoms with Gasteiger partial charge in [-0.15, -0.1) is 0 Å². The van der Waals surface area contributed by atoms with Crippen LogP contribution < -0.4 is 4.90 Å². The van der Waals surface area contributed by atoms with E-state index in [1.807, 2.05) is 0 Å². The van der Waals surface area contributed by atoms with Gasteiger partial charge in [-0.25, -0.2) is 0 Å². The van der Waals surface area contributed by atoms with Crippen molar-refractivity contribution in [2.24, 2.45) is 0 Å². The van der Waals surface area contributed by atoms with Crippen LogP contribution >= 0.6 is 0 Å². The van der Waals surface area contributed by atoms with Crippen LogP contribution in [0.15, 0.2) is 182 Å². The monoisotopic (exact) mass is 691 g/mol. The molecule has 0 amide bonds. The van der Waals surface area contributed by atoms with Gasteiger partial charge in [0.2, 0.25) is 0 Å². The molecule has 0 N–H and O–H groups in total. The van der Waals surface area contributed by atoms with E-state index in [2.05, 4.69) is 194 Å². The lowest BCUT2D eigenvalue weighted by Crippen LogP contribution is -2.13. The van der Waals surface area contributed by atoms with Gasteiger partial charge in [-0.1, -0.05) is 146 Å². The molecule has 1 nitrogen and oxygen atoms in total. The quantitative estimate of drug-likeness (QED) is 0.157. The van der Waals surface area contributed by atoms with E-state index >= 15 is 0 Å². The number of hydrogen-bond acceptors (Lipinski definition) is 1. The molecule has 9 aromatic rings. The highest BCUT2D eigenvalue weighted by molar-refractivity contribution is 6.25. The first-order chi connectivity index (χ1) is 26.7. The highest BCUT2D eigenvalue weighted by Gasteiger charge is 2.19. The van der Waals surface area contributed by atoms with Gasteiger partial charge < -0.3 is 4.90 Å². The second kappa shape index (κ2) is 13.5. The minimum absolute atomic E-state index is 1.15. The largest absolute Gasteiger partial charge is 0.310 e. The molecule has 0 unspecified atom stereocenters. The number of nitrogens with zero attached hydrogens (tertiary/aromatic N) is 1. The average Bonchev–Trinajstić information content (AvgIpc) is 3.25. The molecule has 258 valence electrons. The summed E-state index contributed by atoms with van der Waals surface area (Å²) in [7, 11) is 0. The Labute approximate surface area is 317 Å². The lowest BCUT2D eigenvalue weighted by Gasteiger charge is -2.29. The molecule has 0 aliphatic heterocycles. The third kappa shape index (κ3) is 5.74. The summed E-state index contributed by atoms with van der Waals surface area (Å²) in [6.45, 7) is 2.28. The standard InChI is InChI=1S/C53H41N/c1-36-33-42-13-5-6-14-43(42)35-53(36)54(45-28-23-40(24-29-45)39-21-19-38(20-22-39)37-11-3-2-4-12-37)46-30-25-41(26-31-46)44-27-32-51-49-17-8-7-15-47(49)48-16-9-10-18-50(48)52(51)34-44/h2-4,7-12,15-35H,5-6,13-14H2,1H3. The van der Waals surface area contributed by atoms with Gasteiger partial charge in [0.05, 0.1) is 0 Å². The Hall–Kier alpha value is -6.44. The average molecular weight is 692 g/mol. The zero-order chi connectivity index (χ0) is 36.0. The maximum Gasteiger partial charge on any atom is 0.0493 e. The number of anilines is 3. The fourth-order valence-electron chi connectivity index (χ4n) is 8.74. The van der Waals surface area contributed by atoms with Crippen molar-refractivity contribution in [3.8, 4) is 33.4 Å². The van der Waals surface area contributed by atoms with Gasteiger partial charge in [0.15, 0.2) is 0 Å². The first-order valence-electron chi connectivity index (χ1n) is 19.3. The van der Waals surface area contributed by atoms with Gasteiger partial charge in [0.25, 0.3) is 0 Å². The fourth-order valence-corrected chi connectivity index (χ4v) is 8.74. The number of aryl methyl sites for hydroxylation is 3. The summed E-state index contributed by atoms with van der Waals surface area (Å²) in [6, 6.07) is 67.3. The SMILES string of the molecule is Cc1cc2c(cc1N(c1ccc(-c3ccc(-c4ccccc4)cc3)cc1)c1ccc(-c3ccc4c5ccccc5c5ccccc5c4c3)cc1)CCCC2. The molecule has 0 heterocycles. The third-order valence-electron chi connectivity index (χ3n) is 11.6. The van der Waals surface area contributed by atoms with E-state index in [-0.39, 0.29) is 0 Å². The zero-order valence-corrected chi connectivity index (χ0v) is 30.6. The Morgan fingerprint density at radius 3 is 1.26 bits per heavy atom. The molecular formula is C53H41N. The van der Waals surface area contributed by atoms with Crippen molar-refractivity contribution in [2.75, 3.05) is 4.90 Å². The van der Waals surface area contributed by atoms with Gasteiger partial charge in [0, 0.05) is 17.1 Å². The Morgan fingerprint density at radius 1 is 0.333 bits per heavy atom. The van der Waals surface area contributed by atoms with Crippen molar-refractivity contribution >= 4 is 49.4 Å². The lowest BCUT2D eigenvalue weighted by molar-refractivity contribution is 0.685. The van der Waals surface area contributed by atoms with Crippen molar-refractivity contribution in [1.29, 1.82) is 0 Å². The summed E-state index contributed by atoms with van der Waals surface area (Å²) >= 11 is 0. The molecule has 10 rings (SSSR count). The van der Waals surface area contributed by atoms with E-state index < -0.39 is 0 Å². The van der Waals surface area contributed by atoms with Crippen LogP contribution in [0.1, 0.15) is 29.5 Å². The zero-order valence-electron chi connectivity index (χ0n) is 30.6. The first-order valence-corrected chi connectivity index (χ1v) is 19.3. The summed E-state index contributed by atoms with van der Waals surface area (Å²) in [5, 5.41) is 7.82.